The number of Topliss-reactive ketones (excluding diaryl/α,β-unsaturated/α-hetero) is 1. The van der Waals surface area contributed by atoms with Crippen LogP contribution in [0.2, 0.25) is 0 Å². The lowest BCUT2D eigenvalue weighted by atomic mass is 9.85. The smallest absolute Gasteiger partial charge is 0.149 e. The summed E-state index contributed by atoms with van der Waals surface area (Å²) in [5.74, 6) is 1.80. The summed E-state index contributed by atoms with van der Waals surface area (Å²) < 4.78 is 0. The zero-order valence-corrected chi connectivity index (χ0v) is 13.6. The van der Waals surface area contributed by atoms with Crippen molar-refractivity contribution in [1.29, 1.82) is 0 Å². The molecule has 4 heteroatoms. The van der Waals surface area contributed by atoms with E-state index in [1.807, 2.05) is 0 Å². The summed E-state index contributed by atoms with van der Waals surface area (Å²) in [5, 5.41) is 0. The lowest BCUT2D eigenvalue weighted by Gasteiger charge is -2.32. The summed E-state index contributed by atoms with van der Waals surface area (Å²) >= 11 is 0. The van der Waals surface area contributed by atoms with Gasteiger partial charge in [-0.2, -0.15) is 0 Å². The number of ketones is 1. The van der Waals surface area contributed by atoms with Crippen molar-refractivity contribution in [1.82, 2.24) is 4.90 Å². The monoisotopic (exact) mass is 281 g/mol. The van der Waals surface area contributed by atoms with E-state index in [-0.39, 0.29) is 12.0 Å². The van der Waals surface area contributed by atoms with Gasteiger partial charge in [0.25, 0.3) is 0 Å². The van der Waals surface area contributed by atoms with E-state index in [0.29, 0.717) is 24.0 Å². The van der Waals surface area contributed by atoms with Crippen LogP contribution in [-0.2, 0) is 4.79 Å². The molecule has 1 heterocycles. The predicted molar refractivity (Wildman–Crippen MR) is 85.0 cm³/mol. The minimum atomic E-state index is 0.126. The average molecular weight is 281 g/mol. The zero-order chi connectivity index (χ0) is 15.1. The van der Waals surface area contributed by atoms with E-state index in [9.17, 15) is 4.79 Å². The standard InChI is InChI=1S/C16H31N3O/c1-5-12(2)13(16(17)18-3)9-10-15(20)14-8-6-7-11-19(14)4/h12-14H,5-11H2,1-4H3,(H2,17,18)/t12-,13-,14?/m0/s1. The van der Waals surface area contributed by atoms with E-state index >= 15 is 0 Å². The zero-order valence-electron chi connectivity index (χ0n) is 13.6. The molecule has 116 valence electrons. The molecule has 0 spiro atoms. The molecule has 0 amide bonds. The van der Waals surface area contributed by atoms with Gasteiger partial charge in [0.2, 0.25) is 0 Å². The van der Waals surface area contributed by atoms with E-state index in [0.717, 1.165) is 25.8 Å². The lowest BCUT2D eigenvalue weighted by Crippen LogP contribution is -2.42. The van der Waals surface area contributed by atoms with Gasteiger partial charge in [0.15, 0.2) is 0 Å². The second-order valence-electron chi connectivity index (χ2n) is 6.14. The molecule has 0 saturated carbocycles. The van der Waals surface area contributed by atoms with Gasteiger partial charge in [0.05, 0.1) is 11.9 Å². The maximum atomic E-state index is 12.4. The molecule has 0 radical (unpaired) electrons. The highest BCUT2D eigenvalue weighted by Gasteiger charge is 2.27. The second kappa shape index (κ2) is 8.40. The summed E-state index contributed by atoms with van der Waals surface area (Å²) in [6.07, 6.45) is 5.93. The van der Waals surface area contributed by atoms with Crippen LogP contribution in [0.15, 0.2) is 4.99 Å². The fourth-order valence-electron chi connectivity index (χ4n) is 3.12. The maximum Gasteiger partial charge on any atom is 0.149 e. The van der Waals surface area contributed by atoms with Gasteiger partial charge in [-0.3, -0.25) is 14.7 Å². The molecular weight excluding hydrogens is 250 g/mol. The summed E-state index contributed by atoms with van der Waals surface area (Å²) in [7, 11) is 3.80. The van der Waals surface area contributed by atoms with Gasteiger partial charge in [0.1, 0.15) is 5.78 Å². The van der Waals surface area contributed by atoms with Gasteiger partial charge in [0, 0.05) is 19.4 Å². The summed E-state index contributed by atoms with van der Waals surface area (Å²) in [4.78, 5) is 18.8. The van der Waals surface area contributed by atoms with Crippen molar-refractivity contribution in [2.45, 2.75) is 58.4 Å². The van der Waals surface area contributed by atoms with Gasteiger partial charge in [-0.1, -0.05) is 26.7 Å². The van der Waals surface area contributed by atoms with Crippen LogP contribution in [0.1, 0.15) is 52.4 Å². The van der Waals surface area contributed by atoms with E-state index < -0.39 is 0 Å². The van der Waals surface area contributed by atoms with Crippen molar-refractivity contribution in [3.8, 4) is 0 Å². The first-order chi connectivity index (χ1) is 9.51. The number of piperidine rings is 1. The molecule has 0 aromatic rings. The molecule has 0 aromatic carbocycles. The molecule has 1 unspecified atom stereocenters. The Hall–Kier alpha value is -0.900. The van der Waals surface area contributed by atoms with Crippen molar-refractivity contribution >= 4 is 11.6 Å². The Morgan fingerprint density at radius 1 is 1.45 bits per heavy atom. The lowest BCUT2D eigenvalue weighted by molar-refractivity contribution is -0.125. The van der Waals surface area contributed by atoms with Gasteiger partial charge in [-0.15, -0.1) is 0 Å². The number of nitrogens with two attached hydrogens (primary N) is 1. The number of carbonyl (C=O) groups excluding carboxylic acids is 1. The largest absolute Gasteiger partial charge is 0.387 e. The molecule has 0 aromatic heterocycles. The molecule has 1 aliphatic rings. The summed E-state index contributed by atoms with van der Waals surface area (Å²) in [5.41, 5.74) is 6.01. The number of amidine groups is 1. The molecular formula is C16H31N3O. The minimum absolute atomic E-state index is 0.126. The van der Waals surface area contributed by atoms with Crippen LogP contribution >= 0.6 is 0 Å². The van der Waals surface area contributed by atoms with Crippen LogP contribution < -0.4 is 5.73 Å². The number of carbonyl (C=O) groups is 1. The SMILES string of the molecule is CC[C@H](C)[C@H](CCC(=O)C1CCCCN1C)C(N)=NC. The van der Waals surface area contributed by atoms with E-state index in [4.69, 9.17) is 5.73 Å². The minimum Gasteiger partial charge on any atom is -0.387 e. The van der Waals surface area contributed by atoms with Crippen molar-refractivity contribution in [2.75, 3.05) is 20.6 Å². The first kappa shape index (κ1) is 17.2. The van der Waals surface area contributed by atoms with Gasteiger partial charge >= 0.3 is 0 Å². The number of nitrogens with zero attached hydrogens (tertiary/aromatic N) is 2. The third-order valence-electron chi connectivity index (χ3n) is 4.81. The molecule has 0 bridgehead atoms. The van der Waals surface area contributed by atoms with Crippen LogP contribution in [0.4, 0.5) is 0 Å². The molecule has 0 aliphatic carbocycles. The van der Waals surface area contributed by atoms with Gasteiger partial charge in [-0.05, 0) is 38.8 Å². The highest BCUT2D eigenvalue weighted by molar-refractivity contribution is 5.86. The van der Waals surface area contributed by atoms with Crippen molar-refractivity contribution in [2.24, 2.45) is 22.6 Å². The van der Waals surface area contributed by atoms with E-state index in [1.54, 1.807) is 7.05 Å². The Balaban J connectivity index is 2.56. The molecule has 4 nitrogen and oxygen atoms in total. The normalized spacial score (nSPS) is 24.4. The highest BCUT2D eigenvalue weighted by Crippen LogP contribution is 2.23. The fourth-order valence-corrected chi connectivity index (χ4v) is 3.12. The molecule has 1 fully saturated rings. The van der Waals surface area contributed by atoms with E-state index in [2.05, 4.69) is 30.8 Å². The van der Waals surface area contributed by atoms with Crippen LogP contribution in [0, 0.1) is 11.8 Å². The number of hydrogen-bond acceptors (Lipinski definition) is 3. The fraction of sp³-hybridized carbons (Fsp3) is 0.875. The average Bonchev–Trinajstić information content (AvgIpc) is 2.46. The number of likely N-dealkylation sites (N-methyl/N-ethyl adjacent to an activating group) is 1. The van der Waals surface area contributed by atoms with Crippen LogP contribution in [-0.4, -0.2) is 43.2 Å². The Morgan fingerprint density at radius 3 is 2.70 bits per heavy atom. The first-order valence-corrected chi connectivity index (χ1v) is 7.96. The molecule has 1 rings (SSSR count). The third-order valence-corrected chi connectivity index (χ3v) is 4.81. The number of aliphatic imine (C=N–C) groups is 1. The van der Waals surface area contributed by atoms with Gasteiger partial charge in [-0.25, -0.2) is 0 Å². The van der Waals surface area contributed by atoms with Crippen LogP contribution in [0.25, 0.3) is 0 Å². The molecule has 2 N–H and O–H groups in total. The molecule has 20 heavy (non-hydrogen) atoms. The Bertz CT molecular complexity index is 341. The van der Waals surface area contributed by atoms with E-state index in [1.165, 1.54) is 12.8 Å². The van der Waals surface area contributed by atoms with Crippen molar-refractivity contribution in [3.05, 3.63) is 0 Å². The topological polar surface area (TPSA) is 58.7 Å². The quantitative estimate of drug-likeness (QED) is 0.576. The summed E-state index contributed by atoms with van der Waals surface area (Å²) in [6.45, 7) is 5.40. The second-order valence-corrected chi connectivity index (χ2v) is 6.14. The van der Waals surface area contributed by atoms with Crippen molar-refractivity contribution < 1.29 is 4.79 Å². The Morgan fingerprint density at radius 2 is 2.15 bits per heavy atom. The first-order valence-electron chi connectivity index (χ1n) is 7.96. The number of likely N-dealkylation sites (tertiary alicyclic amines) is 1. The number of hydrogen-bond donors (Lipinski definition) is 1. The predicted octanol–water partition coefficient (Wildman–Crippen LogP) is 2.47. The highest BCUT2D eigenvalue weighted by atomic mass is 16.1. The van der Waals surface area contributed by atoms with Crippen LogP contribution in [0.3, 0.4) is 0 Å². The number of rotatable bonds is 7. The van der Waals surface area contributed by atoms with Crippen molar-refractivity contribution in [3.63, 3.8) is 0 Å². The molecule has 1 aliphatic heterocycles. The Kier molecular flexibility index (Phi) is 7.20. The molecule has 1 saturated heterocycles. The van der Waals surface area contributed by atoms with Crippen LogP contribution in [0.5, 0.6) is 0 Å². The van der Waals surface area contributed by atoms with Gasteiger partial charge < -0.3 is 5.73 Å². The molecule has 3 atom stereocenters. The Labute approximate surface area is 123 Å². The maximum absolute atomic E-state index is 12.4. The summed E-state index contributed by atoms with van der Waals surface area (Å²) in [6, 6.07) is 0.126. The third kappa shape index (κ3) is 4.58.